The number of amides is 2. The number of rotatable bonds is 12. The number of ether oxygens (including phenoxy) is 3. The number of ketones is 1. The van der Waals surface area contributed by atoms with Crippen LogP contribution in [0.3, 0.4) is 0 Å². The van der Waals surface area contributed by atoms with Crippen LogP contribution in [0.1, 0.15) is 57.6 Å². The van der Waals surface area contributed by atoms with Gasteiger partial charge in [0.15, 0.2) is 18.6 Å². The fourth-order valence-corrected chi connectivity index (χ4v) is 7.37. The van der Waals surface area contributed by atoms with Gasteiger partial charge in [0.25, 0.3) is 17.0 Å². The Morgan fingerprint density at radius 3 is 1.99 bits per heavy atom. The van der Waals surface area contributed by atoms with Gasteiger partial charge in [-0.1, -0.05) is 65.0 Å². The van der Waals surface area contributed by atoms with Crippen LogP contribution >= 0.6 is 11.3 Å². The second kappa shape index (κ2) is 24.2. The van der Waals surface area contributed by atoms with E-state index in [1.165, 1.54) is 65.7 Å². The summed E-state index contributed by atoms with van der Waals surface area (Å²) in [6.07, 6.45) is -13.2. The van der Waals surface area contributed by atoms with Crippen LogP contribution < -0.4 is 25.0 Å². The lowest BCUT2D eigenvalue weighted by atomic mass is 9.96. The highest BCUT2D eigenvalue weighted by molar-refractivity contribution is 7.13. The molecule has 2 aromatic heterocycles. The van der Waals surface area contributed by atoms with E-state index in [1.807, 2.05) is 6.07 Å². The molecule has 3 heterocycles. The van der Waals surface area contributed by atoms with Crippen LogP contribution in [0.4, 0.5) is 64.1 Å². The number of nitrogens with one attached hydrogen (secondary N) is 2. The maximum Gasteiger partial charge on any atom is 0.445 e. The van der Waals surface area contributed by atoms with Crippen LogP contribution in [0, 0.1) is 17.5 Å². The van der Waals surface area contributed by atoms with Crippen molar-refractivity contribution in [2.75, 3.05) is 23.9 Å². The second-order valence-corrected chi connectivity index (χ2v) is 16.8. The lowest BCUT2D eigenvalue weighted by Gasteiger charge is -2.26. The number of benzene rings is 5. The number of anilines is 2. The van der Waals surface area contributed by atoms with E-state index in [1.54, 1.807) is 45.2 Å². The zero-order valence-electron chi connectivity index (χ0n) is 39.3. The molecular weight excluding hydrogens is 1050 g/mol. The molecule has 1 aliphatic rings. The third-order valence-corrected chi connectivity index (χ3v) is 11.1. The molecule has 1 aliphatic heterocycles. The smallest absolute Gasteiger partial charge is 0.445 e. The van der Waals surface area contributed by atoms with E-state index in [0.29, 0.717) is 17.3 Å². The standard InChI is InChI=1S/C19H11F5N2O2.C18H14F3NO2.C14H13F4N3O2S/c20-12-6-7-16(15(21)10-12)26-17(27)14-5-2-8-25-18(14)28-13-4-1-3-11(9-13)19(22,23)24;1-22-17-14(12-8-5-9-13(10-12)18(19,20)21)15(23)16(24-17)11-6-3-2-4-7-11;1-8(2)21(10-5-3-9(15)4-6-10)11(22)7-23-13-20-19-12(24-13)14(16,17)18/h1-10H,(H,26,27);2-10,16,22H,1H3;3-6,8H,7H2,1-2H3. The average molecular weight is 1090 g/mol. The van der Waals surface area contributed by atoms with Crippen molar-refractivity contribution in [2.24, 2.45) is 0 Å². The molecular formula is C51H38F12N6O6S. The molecule has 0 fully saturated rings. The average Bonchev–Trinajstić information content (AvgIpc) is 4.00. The van der Waals surface area contributed by atoms with Gasteiger partial charge in [-0.2, -0.15) is 39.5 Å². The molecule has 2 N–H and O–H groups in total. The number of Topliss-reactive ketones (excluding diaryl/α,β-unsaturated/α-hetero) is 1. The van der Waals surface area contributed by atoms with Crippen molar-refractivity contribution < 1.29 is 81.3 Å². The Balaban J connectivity index is 0.000000186. The van der Waals surface area contributed by atoms with Crippen molar-refractivity contribution in [3.05, 3.63) is 196 Å². The van der Waals surface area contributed by atoms with E-state index in [-0.39, 0.29) is 68.3 Å². The first-order chi connectivity index (χ1) is 35.8. The molecule has 0 spiro atoms. The minimum Gasteiger partial charge on any atom is -0.462 e. The number of halogens is 12. The van der Waals surface area contributed by atoms with Crippen molar-refractivity contribution in [3.8, 4) is 16.8 Å². The predicted octanol–water partition coefficient (Wildman–Crippen LogP) is 12.9. The molecule has 5 aromatic carbocycles. The summed E-state index contributed by atoms with van der Waals surface area (Å²) in [6.45, 7) is 2.98. The van der Waals surface area contributed by atoms with Crippen molar-refractivity contribution >= 4 is 45.9 Å². The van der Waals surface area contributed by atoms with Gasteiger partial charge < -0.3 is 29.7 Å². The monoisotopic (exact) mass is 1090 g/mol. The summed E-state index contributed by atoms with van der Waals surface area (Å²) >= 11 is 0.210. The number of carbonyl (C=O) groups is 3. The minimum atomic E-state index is -4.61. The third-order valence-electron chi connectivity index (χ3n) is 10.2. The Kier molecular flexibility index (Phi) is 18.1. The number of nitrogens with zero attached hydrogens (tertiary/aromatic N) is 4. The highest BCUT2D eigenvalue weighted by Gasteiger charge is 2.39. The number of pyridine rings is 1. The van der Waals surface area contributed by atoms with Crippen LogP contribution in [-0.2, 0) is 32.9 Å². The minimum absolute atomic E-state index is 0.123. The molecule has 0 bridgehead atoms. The van der Waals surface area contributed by atoms with E-state index in [9.17, 15) is 67.1 Å². The maximum absolute atomic E-state index is 13.7. The Morgan fingerprint density at radius 2 is 1.38 bits per heavy atom. The van der Waals surface area contributed by atoms with E-state index >= 15 is 0 Å². The van der Waals surface area contributed by atoms with Crippen molar-refractivity contribution in [1.82, 2.24) is 20.5 Å². The van der Waals surface area contributed by atoms with E-state index in [0.717, 1.165) is 42.5 Å². The SMILES string of the molecule is CC(C)N(C(=O)COc1nnc(C(F)(F)F)s1)c1ccc(F)cc1.CNC1=C(c2cccc(C(F)(F)F)c2)C(=O)C(c2ccccc2)O1.O=C(Nc1ccc(F)cc1F)c1cccnc1Oc1cccc(C(F)(F)F)c1. The second-order valence-electron chi connectivity index (χ2n) is 15.9. The van der Waals surface area contributed by atoms with Crippen molar-refractivity contribution in [2.45, 2.75) is 44.5 Å². The molecule has 76 heavy (non-hydrogen) atoms. The predicted molar refractivity (Wildman–Crippen MR) is 252 cm³/mol. The first-order valence-corrected chi connectivity index (χ1v) is 22.7. The zero-order chi connectivity index (χ0) is 55.5. The van der Waals surface area contributed by atoms with Gasteiger partial charge in [-0.15, -0.1) is 5.10 Å². The summed E-state index contributed by atoms with van der Waals surface area (Å²) in [5.41, 5.74) is -0.760. The van der Waals surface area contributed by atoms with E-state index in [2.05, 4.69) is 25.8 Å². The summed E-state index contributed by atoms with van der Waals surface area (Å²) in [7, 11) is 1.56. The molecule has 0 radical (unpaired) electrons. The quantitative estimate of drug-likeness (QED) is 0.113. The van der Waals surface area contributed by atoms with Crippen LogP contribution in [0.15, 0.2) is 146 Å². The zero-order valence-corrected chi connectivity index (χ0v) is 40.1. The normalized spacial score (nSPS) is 13.4. The first-order valence-electron chi connectivity index (χ1n) is 21.9. The first kappa shape index (κ1) is 56.8. The van der Waals surface area contributed by atoms with Crippen LogP contribution in [0.2, 0.25) is 0 Å². The molecule has 25 heteroatoms. The molecule has 12 nitrogen and oxygen atoms in total. The van der Waals surface area contributed by atoms with Crippen LogP contribution in [0.5, 0.6) is 16.8 Å². The Morgan fingerprint density at radius 1 is 0.737 bits per heavy atom. The van der Waals surface area contributed by atoms with Crippen molar-refractivity contribution in [3.63, 3.8) is 0 Å². The fourth-order valence-electron chi connectivity index (χ4n) is 6.81. The van der Waals surface area contributed by atoms with E-state index < -0.39 is 76.6 Å². The van der Waals surface area contributed by atoms with Gasteiger partial charge in [-0.3, -0.25) is 14.4 Å². The maximum atomic E-state index is 13.7. The summed E-state index contributed by atoms with van der Waals surface area (Å²) in [4.78, 5) is 42.6. The topological polar surface area (TPSA) is 145 Å². The van der Waals surface area contributed by atoms with Gasteiger partial charge in [0, 0.05) is 36.6 Å². The third kappa shape index (κ3) is 14.9. The number of hydrogen-bond donors (Lipinski definition) is 2. The number of hydrogen-bond acceptors (Lipinski definition) is 11. The molecule has 2 amide bonds. The molecule has 0 saturated carbocycles. The number of carbonyl (C=O) groups excluding carboxylic acids is 3. The van der Waals surface area contributed by atoms with Gasteiger partial charge in [0.1, 0.15) is 28.8 Å². The molecule has 0 saturated heterocycles. The van der Waals surface area contributed by atoms with Gasteiger partial charge in [-0.25, -0.2) is 18.2 Å². The summed E-state index contributed by atoms with van der Waals surface area (Å²) < 4.78 is 170. The fraction of sp³-hybridized carbons (Fsp3) is 0.176. The summed E-state index contributed by atoms with van der Waals surface area (Å²) in [6, 6.07) is 27.9. The van der Waals surface area contributed by atoms with Crippen LogP contribution in [-0.4, -0.2) is 52.5 Å². The number of aromatic nitrogens is 3. The van der Waals surface area contributed by atoms with Gasteiger partial charge >= 0.3 is 18.5 Å². The molecule has 7 aromatic rings. The summed E-state index contributed by atoms with van der Waals surface area (Å²) in [5.74, 6) is -4.24. The molecule has 0 aliphatic carbocycles. The van der Waals surface area contributed by atoms with Crippen molar-refractivity contribution in [1.29, 1.82) is 0 Å². The Bertz CT molecular complexity index is 3190. The summed E-state index contributed by atoms with van der Waals surface area (Å²) in [5, 5.41) is 9.71. The van der Waals surface area contributed by atoms with Crippen LogP contribution in [0.25, 0.3) is 5.57 Å². The van der Waals surface area contributed by atoms with Gasteiger partial charge in [0.2, 0.25) is 16.7 Å². The van der Waals surface area contributed by atoms with Gasteiger partial charge in [-0.05, 0) is 98.3 Å². The van der Waals surface area contributed by atoms with E-state index in [4.69, 9.17) is 14.2 Å². The highest BCUT2D eigenvalue weighted by atomic mass is 32.1. The lowest BCUT2D eigenvalue weighted by molar-refractivity contribution is -0.138. The molecule has 398 valence electrons. The number of alkyl halides is 9. The Labute approximate surface area is 427 Å². The largest absolute Gasteiger partial charge is 0.462 e. The molecule has 1 unspecified atom stereocenters. The lowest BCUT2D eigenvalue weighted by Crippen LogP contribution is -2.40. The highest BCUT2D eigenvalue weighted by Crippen LogP contribution is 2.40. The Hall–Kier alpha value is -8.48. The molecule has 1 atom stereocenters. The molecule has 8 rings (SSSR count). The van der Waals surface area contributed by atoms with Gasteiger partial charge in [0.05, 0.1) is 22.4 Å².